The monoisotopic (exact) mass is 342 g/mol. The maximum atomic E-state index is 12.2. The second-order valence-corrected chi connectivity index (χ2v) is 6.30. The summed E-state index contributed by atoms with van der Waals surface area (Å²) in [6, 6.07) is -0.0222. The fourth-order valence-electron chi connectivity index (χ4n) is 3.07. The van der Waals surface area contributed by atoms with E-state index in [4.69, 9.17) is 14.2 Å². The lowest BCUT2D eigenvalue weighted by Gasteiger charge is -2.43. The number of carbonyl (C=O) groups is 2. The number of rotatable bonds is 7. The van der Waals surface area contributed by atoms with E-state index in [0.29, 0.717) is 32.7 Å². The number of ether oxygens (including phenoxy) is 3. The summed E-state index contributed by atoms with van der Waals surface area (Å²) < 4.78 is 16.4. The van der Waals surface area contributed by atoms with Gasteiger partial charge in [-0.3, -0.25) is 4.79 Å². The summed E-state index contributed by atoms with van der Waals surface area (Å²) in [7, 11) is 0. The Morgan fingerprint density at radius 2 is 1.83 bits per heavy atom. The molecule has 2 aliphatic rings. The number of amides is 2. The summed E-state index contributed by atoms with van der Waals surface area (Å²) in [5.74, 6) is -0.599. The van der Waals surface area contributed by atoms with E-state index < -0.39 is 5.79 Å². The van der Waals surface area contributed by atoms with Crippen molar-refractivity contribution in [3.05, 3.63) is 0 Å². The van der Waals surface area contributed by atoms with E-state index in [-0.39, 0.29) is 12.0 Å². The lowest BCUT2D eigenvalue weighted by Crippen LogP contribution is -2.53. The number of nitrogens with one attached hydrogen (secondary N) is 1. The Kier molecular flexibility index (Phi) is 7.78. The third-order valence-corrected chi connectivity index (χ3v) is 4.47. The predicted molar refractivity (Wildman–Crippen MR) is 88.6 cm³/mol. The molecule has 0 saturated carbocycles. The van der Waals surface area contributed by atoms with Crippen molar-refractivity contribution < 1.29 is 23.8 Å². The predicted octanol–water partition coefficient (Wildman–Crippen LogP) is 2.05. The van der Waals surface area contributed by atoms with Crippen molar-refractivity contribution >= 4 is 12.0 Å². The number of esters is 1. The Morgan fingerprint density at radius 1 is 1.12 bits per heavy atom. The van der Waals surface area contributed by atoms with E-state index in [9.17, 15) is 9.59 Å². The van der Waals surface area contributed by atoms with Crippen LogP contribution in [0.5, 0.6) is 0 Å². The molecule has 2 saturated heterocycles. The Hall–Kier alpha value is -1.34. The number of nitrogens with zero attached hydrogens (tertiary/aromatic N) is 1. The molecule has 7 nitrogen and oxygen atoms in total. The van der Waals surface area contributed by atoms with Crippen LogP contribution in [0.3, 0.4) is 0 Å². The minimum Gasteiger partial charge on any atom is -0.466 e. The van der Waals surface area contributed by atoms with Gasteiger partial charge in [0.25, 0.3) is 0 Å². The molecule has 2 fully saturated rings. The number of hydrogen-bond donors (Lipinski definition) is 1. The molecule has 1 N–H and O–H groups in total. The number of likely N-dealkylation sites (tertiary alicyclic amines) is 1. The Bertz CT molecular complexity index is 400. The zero-order chi connectivity index (χ0) is 17.3. The lowest BCUT2D eigenvalue weighted by molar-refractivity contribution is -0.281. The molecule has 0 radical (unpaired) electrons. The van der Waals surface area contributed by atoms with Gasteiger partial charge >= 0.3 is 12.0 Å². The molecule has 0 aromatic rings. The first-order chi connectivity index (χ1) is 11.7. The van der Waals surface area contributed by atoms with Gasteiger partial charge in [-0.05, 0) is 26.2 Å². The summed E-state index contributed by atoms with van der Waals surface area (Å²) in [6.45, 7) is 5.69. The highest BCUT2D eigenvalue weighted by Gasteiger charge is 2.39. The SMILES string of the molecule is CCOC(=O)CCCCCNC(=O)N1CCC2(CC1)OCCCO2. The van der Waals surface area contributed by atoms with Gasteiger partial charge in [0.2, 0.25) is 0 Å². The van der Waals surface area contributed by atoms with Crippen LogP contribution in [-0.2, 0) is 19.0 Å². The largest absolute Gasteiger partial charge is 0.466 e. The molecule has 1 spiro atoms. The summed E-state index contributed by atoms with van der Waals surface area (Å²) in [5, 5.41) is 2.95. The molecule has 2 aliphatic heterocycles. The van der Waals surface area contributed by atoms with Crippen LogP contribution in [-0.4, -0.2) is 62.1 Å². The van der Waals surface area contributed by atoms with Crippen LogP contribution in [0.4, 0.5) is 4.79 Å². The maximum Gasteiger partial charge on any atom is 0.317 e. The number of unbranched alkanes of at least 4 members (excludes halogenated alkanes) is 2. The Morgan fingerprint density at radius 3 is 2.50 bits per heavy atom. The van der Waals surface area contributed by atoms with Gasteiger partial charge in [0.05, 0.1) is 19.8 Å². The second-order valence-electron chi connectivity index (χ2n) is 6.30. The van der Waals surface area contributed by atoms with Crippen molar-refractivity contribution in [3.63, 3.8) is 0 Å². The number of piperidine rings is 1. The van der Waals surface area contributed by atoms with E-state index in [1.807, 2.05) is 11.8 Å². The molecule has 2 heterocycles. The Labute approximate surface area is 144 Å². The van der Waals surface area contributed by atoms with Crippen LogP contribution in [0.2, 0.25) is 0 Å². The third-order valence-electron chi connectivity index (χ3n) is 4.47. The molecule has 0 aromatic heterocycles. The minimum absolute atomic E-state index is 0.0222. The average molecular weight is 342 g/mol. The van der Waals surface area contributed by atoms with Gasteiger partial charge in [0.1, 0.15) is 0 Å². The smallest absolute Gasteiger partial charge is 0.317 e. The standard InChI is InChI=1S/C17H30N2O5/c1-2-22-15(20)7-4-3-5-10-18-16(21)19-11-8-17(9-12-19)23-13-6-14-24-17/h2-14H2,1H3,(H,18,21). The molecule has 0 atom stereocenters. The topological polar surface area (TPSA) is 77.1 Å². The second kappa shape index (κ2) is 9.84. The van der Waals surface area contributed by atoms with E-state index in [1.165, 1.54) is 0 Å². The third kappa shape index (κ3) is 5.94. The Balaban J connectivity index is 1.53. The first kappa shape index (κ1) is 19.0. The first-order valence-electron chi connectivity index (χ1n) is 9.11. The minimum atomic E-state index is -0.456. The van der Waals surface area contributed by atoms with Crippen molar-refractivity contribution in [2.75, 3.05) is 39.5 Å². The quantitative estimate of drug-likeness (QED) is 0.566. The summed E-state index contributed by atoms with van der Waals surface area (Å²) >= 11 is 0. The van der Waals surface area contributed by atoms with E-state index in [0.717, 1.165) is 51.7 Å². The van der Waals surface area contributed by atoms with E-state index >= 15 is 0 Å². The fraction of sp³-hybridized carbons (Fsp3) is 0.882. The highest BCUT2D eigenvalue weighted by molar-refractivity contribution is 5.74. The van der Waals surface area contributed by atoms with E-state index in [1.54, 1.807) is 0 Å². The molecule has 0 aromatic carbocycles. The van der Waals surface area contributed by atoms with Crippen LogP contribution in [0, 0.1) is 0 Å². The zero-order valence-corrected chi connectivity index (χ0v) is 14.7. The maximum absolute atomic E-state index is 12.2. The van der Waals surface area contributed by atoms with Crippen molar-refractivity contribution in [1.29, 1.82) is 0 Å². The van der Waals surface area contributed by atoms with Crippen molar-refractivity contribution in [3.8, 4) is 0 Å². The fourth-order valence-corrected chi connectivity index (χ4v) is 3.07. The highest BCUT2D eigenvalue weighted by Crippen LogP contribution is 2.30. The van der Waals surface area contributed by atoms with Crippen LogP contribution < -0.4 is 5.32 Å². The summed E-state index contributed by atoms with van der Waals surface area (Å²) in [5.41, 5.74) is 0. The lowest BCUT2D eigenvalue weighted by atomic mass is 10.0. The molecular formula is C17H30N2O5. The summed E-state index contributed by atoms with van der Waals surface area (Å²) in [6.07, 6.45) is 5.45. The average Bonchev–Trinajstić information content (AvgIpc) is 2.59. The van der Waals surface area contributed by atoms with E-state index in [2.05, 4.69) is 5.32 Å². The number of carbonyl (C=O) groups excluding carboxylic acids is 2. The molecular weight excluding hydrogens is 312 g/mol. The molecule has 2 amide bonds. The molecule has 0 bridgehead atoms. The first-order valence-corrected chi connectivity index (χ1v) is 9.11. The van der Waals surface area contributed by atoms with Gasteiger partial charge in [-0.1, -0.05) is 6.42 Å². The summed E-state index contributed by atoms with van der Waals surface area (Å²) in [4.78, 5) is 25.2. The normalized spacial score (nSPS) is 20.0. The number of hydrogen-bond acceptors (Lipinski definition) is 5. The highest BCUT2D eigenvalue weighted by atomic mass is 16.7. The molecule has 0 aliphatic carbocycles. The molecule has 24 heavy (non-hydrogen) atoms. The van der Waals surface area contributed by atoms with Crippen LogP contribution in [0.1, 0.15) is 51.9 Å². The zero-order valence-electron chi connectivity index (χ0n) is 14.7. The van der Waals surface area contributed by atoms with Gasteiger partial charge in [-0.2, -0.15) is 0 Å². The van der Waals surface area contributed by atoms with Gasteiger partial charge in [0.15, 0.2) is 5.79 Å². The molecule has 2 rings (SSSR count). The molecule has 7 heteroatoms. The van der Waals surface area contributed by atoms with Crippen LogP contribution >= 0.6 is 0 Å². The van der Waals surface area contributed by atoms with Crippen molar-refractivity contribution in [1.82, 2.24) is 10.2 Å². The van der Waals surface area contributed by atoms with Crippen LogP contribution in [0.15, 0.2) is 0 Å². The van der Waals surface area contributed by atoms with Crippen LogP contribution in [0.25, 0.3) is 0 Å². The molecule has 0 unspecified atom stereocenters. The molecule has 138 valence electrons. The number of urea groups is 1. The van der Waals surface area contributed by atoms with Gasteiger partial charge in [-0.25, -0.2) is 4.79 Å². The van der Waals surface area contributed by atoms with Gasteiger partial charge < -0.3 is 24.4 Å². The van der Waals surface area contributed by atoms with Gasteiger partial charge in [0, 0.05) is 38.9 Å². The van der Waals surface area contributed by atoms with Crippen molar-refractivity contribution in [2.24, 2.45) is 0 Å². The van der Waals surface area contributed by atoms with Crippen molar-refractivity contribution in [2.45, 2.75) is 57.7 Å². The van der Waals surface area contributed by atoms with Gasteiger partial charge in [-0.15, -0.1) is 0 Å².